The summed E-state index contributed by atoms with van der Waals surface area (Å²) in [6.07, 6.45) is 0. The summed E-state index contributed by atoms with van der Waals surface area (Å²) in [5.74, 6) is -0.476. The number of carbonyl (C=O) groups excluding carboxylic acids is 2. The first-order chi connectivity index (χ1) is 12.1. The van der Waals surface area contributed by atoms with Crippen LogP contribution < -0.4 is 4.74 Å². The monoisotopic (exact) mass is 342 g/mol. The number of carbonyl (C=O) groups is 2. The number of benzene rings is 2. The van der Waals surface area contributed by atoms with Crippen LogP contribution >= 0.6 is 0 Å². The molecule has 0 spiro atoms. The van der Waals surface area contributed by atoms with Gasteiger partial charge in [0.05, 0.1) is 12.7 Å². The molecule has 3 rings (SSSR count). The lowest BCUT2D eigenvalue weighted by atomic mass is 10.1. The lowest BCUT2D eigenvalue weighted by molar-refractivity contribution is 0.0533. The van der Waals surface area contributed by atoms with Crippen molar-refractivity contribution in [1.82, 2.24) is 9.80 Å². The molecule has 2 aromatic carbocycles. The predicted molar refractivity (Wildman–Crippen MR) is 91.2 cm³/mol. The van der Waals surface area contributed by atoms with E-state index in [1.165, 1.54) is 25.3 Å². The number of hydrogen-bond donors (Lipinski definition) is 0. The summed E-state index contributed by atoms with van der Waals surface area (Å²) in [6, 6.07) is 12.9. The molecule has 1 fully saturated rings. The highest BCUT2D eigenvalue weighted by atomic mass is 19.1. The highest BCUT2D eigenvalue weighted by Crippen LogP contribution is 2.22. The molecule has 2 aromatic rings. The van der Waals surface area contributed by atoms with E-state index < -0.39 is 5.82 Å². The van der Waals surface area contributed by atoms with Crippen molar-refractivity contribution in [3.8, 4) is 5.75 Å². The van der Waals surface area contributed by atoms with E-state index in [9.17, 15) is 14.0 Å². The van der Waals surface area contributed by atoms with Gasteiger partial charge in [0.15, 0.2) is 0 Å². The first kappa shape index (κ1) is 17.0. The molecule has 5 nitrogen and oxygen atoms in total. The Balaban J connectivity index is 1.67. The second-order valence-corrected chi connectivity index (χ2v) is 5.80. The quantitative estimate of drug-likeness (QED) is 0.861. The van der Waals surface area contributed by atoms with Crippen molar-refractivity contribution in [2.75, 3.05) is 33.3 Å². The Bertz CT molecular complexity index is 771. The molecule has 1 saturated heterocycles. The van der Waals surface area contributed by atoms with Crippen LogP contribution in [0.2, 0.25) is 0 Å². The van der Waals surface area contributed by atoms with Gasteiger partial charge in [0.2, 0.25) is 0 Å². The largest absolute Gasteiger partial charge is 0.496 e. The van der Waals surface area contributed by atoms with Crippen molar-refractivity contribution < 1.29 is 18.7 Å². The van der Waals surface area contributed by atoms with Crippen molar-refractivity contribution in [3.63, 3.8) is 0 Å². The van der Waals surface area contributed by atoms with E-state index >= 15 is 0 Å². The molecule has 1 aliphatic heterocycles. The molecule has 25 heavy (non-hydrogen) atoms. The molecule has 0 bridgehead atoms. The number of piperazine rings is 1. The van der Waals surface area contributed by atoms with Crippen LogP contribution in [0, 0.1) is 5.82 Å². The van der Waals surface area contributed by atoms with Gasteiger partial charge in [-0.2, -0.15) is 0 Å². The number of nitrogens with zero attached hydrogens (tertiary/aromatic N) is 2. The molecule has 6 heteroatoms. The zero-order valence-corrected chi connectivity index (χ0v) is 13.9. The van der Waals surface area contributed by atoms with Gasteiger partial charge < -0.3 is 14.5 Å². The third-order valence-electron chi connectivity index (χ3n) is 4.27. The lowest BCUT2D eigenvalue weighted by Gasteiger charge is -2.35. The van der Waals surface area contributed by atoms with E-state index in [4.69, 9.17) is 4.74 Å². The van der Waals surface area contributed by atoms with Crippen LogP contribution in [0.1, 0.15) is 20.7 Å². The molecule has 130 valence electrons. The number of hydrogen-bond acceptors (Lipinski definition) is 3. The normalized spacial score (nSPS) is 14.3. The summed E-state index contributed by atoms with van der Waals surface area (Å²) in [4.78, 5) is 28.4. The molecule has 0 unspecified atom stereocenters. The van der Waals surface area contributed by atoms with Gasteiger partial charge in [-0.15, -0.1) is 0 Å². The fourth-order valence-electron chi connectivity index (χ4n) is 2.89. The average molecular weight is 342 g/mol. The molecule has 0 radical (unpaired) electrons. The van der Waals surface area contributed by atoms with Crippen molar-refractivity contribution in [1.29, 1.82) is 0 Å². The number of rotatable bonds is 3. The van der Waals surface area contributed by atoms with Crippen molar-refractivity contribution in [3.05, 3.63) is 65.5 Å². The Morgan fingerprint density at radius 1 is 0.920 bits per heavy atom. The van der Waals surface area contributed by atoms with Crippen LogP contribution in [0.5, 0.6) is 5.75 Å². The maximum absolute atomic E-state index is 13.5. The molecule has 1 heterocycles. The third-order valence-corrected chi connectivity index (χ3v) is 4.27. The molecule has 0 atom stereocenters. The van der Waals surface area contributed by atoms with E-state index in [1.807, 2.05) is 18.2 Å². The topological polar surface area (TPSA) is 49.9 Å². The molecular formula is C19H19FN2O3. The second kappa shape index (κ2) is 7.34. The maximum atomic E-state index is 13.5. The zero-order valence-electron chi connectivity index (χ0n) is 13.9. The summed E-state index contributed by atoms with van der Waals surface area (Å²) in [7, 11) is 1.44. The van der Waals surface area contributed by atoms with Crippen molar-refractivity contribution in [2.45, 2.75) is 0 Å². The highest BCUT2D eigenvalue weighted by Gasteiger charge is 2.27. The number of amides is 2. The number of methoxy groups -OCH3 is 1. The molecule has 0 saturated carbocycles. The van der Waals surface area contributed by atoms with Gasteiger partial charge in [-0.1, -0.05) is 18.2 Å². The van der Waals surface area contributed by atoms with Crippen LogP contribution in [0.15, 0.2) is 48.5 Å². The van der Waals surface area contributed by atoms with Gasteiger partial charge >= 0.3 is 0 Å². The van der Waals surface area contributed by atoms with Gasteiger partial charge in [0.25, 0.3) is 11.8 Å². The Kier molecular flexibility index (Phi) is 4.97. The number of ether oxygens (including phenoxy) is 1. The Morgan fingerprint density at radius 3 is 2.12 bits per heavy atom. The molecule has 2 amide bonds. The molecule has 1 aliphatic rings. The van der Waals surface area contributed by atoms with E-state index in [-0.39, 0.29) is 17.4 Å². The van der Waals surface area contributed by atoms with Gasteiger partial charge in [-0.05, 0) is 30.3 Å². The lowest BCUT2D eigenvalue weighted by Crippen LogP contribution is -2.50. The van der Waals surface area contributed by atoms with Gasteiger partial charge in [-0.25, -0.2) is 4.39 Å². The van der Waals surface area contributed by atoms with E-state index in [0.29, 0.717) is 37.5 Å². The SMILES string of the molecule is COc1ccc(F)cc1C(=O)N1CCN(C(=O)c2ccccc2)CC1. The van der Waals surface area contributed by atoms with Crippen LogP contribution in [0.25, 0.3) is 0 Å². The molecule has 0 aliphatic carbocycles. The maximum Gasteiger partial charge on any atom is 0.257 e. The Labute approximate surface area is 145 Å². The van der Waals surface area contributed by atoms with Gasteiger partial charge in [-0.3, -0.25) is 9.59 Å². The first-order valence-electron chi connectivity index (χ1n) is 8.07. The first-order valence-corrected chi connectivity index (χ1v) is 8.07. The summed E-state index contributed by atoms with van der Waals surface area (Å²) < 4.78 is 18.6. The summed E-state index contributed by atoms with van der Waals surface area (Å²) in [5.41, 5.74) is 0.833. The number of halogens is 1. The summed E-state index contributed by atoms with van der Waals surface area (Å²) in [5, 5.41) is 0. The van der Waals surface area contributed by atoms with Crippen molar-refractivity contribution >= 4 is 11.8 Å². The van der Waals surface area contributed by atoms with E-state index in [1.54, 1.807) is 21.9 Å². The van der Waals surface area contributed by atoms with Crippen LogP contribution in [0.4, 0.5) is 4.39 Å². The van der Waals surface area contributed by atoms with Crippen LogP contribution in [-0.4, -0.2) is 54.9 Å². The van der Waals surface area contributed by atoms with Gasteiger partial charge in [0.1, 0.15) is 11.6 Å². The Morgan fingerprint density at radius 2 is 1.52 bits per heavy atom. The highest BCUT2D eigenvalue weighted by molar-refractivity contribution is 5.97. The summed E-state index contributed by atoms with van der Waals surface area (Å²) in [6.45, 7) is 1.68. The standard InChI is InChI=1S/C19H19FN2O3/c1-25-17-8-7-15(20)13-16(17)19(24)22-11-9-21(10-12-22)18(23)14-5-3-2-4-6-14/h2-8,13H,9-12H2,1H3. The molecule has 0 N–H and O–H groups in total. The third kappa shape index (κ3) is 3.63. The minimum atomic E-state index is -0.484. The summed E-state index contributed by atoms with van der Waals surface area (Å²) >= 11 is 0. The van der Waals surface area contributed by atoms with Crippen molar-refractivity contribution in [2.24, 2.45) is 0 Å². The minimum Gasteiger partial charge on any atom is -0.496 e. The fourth-order valence-corrected chi connectivity index (χ4v) is 2.89. The van der Waals surface area contributed by atoms with Crippen LogP contribution in [-0.2, 0) is 0 Å². The molecule has 0 aromatic heterocycles. The zero-order chi connectivity index (χ0) is 17.8. The second-order valence-electron chi connectivity index (χ2n) is 5.80. The molecular weight excluding hydrogens is 323 g/mol. The van der Waals surface area contributed by atoms with Crippen LogP contribution in [0.3, 0.4) is 0 Å². The predicted octanol–water partition coefficient (Wildman–Crippen LogP) is 2.43. The fraction of sp³-hybridized carbons (Fsp3) is 0.263. The smallest absolute Gasteiger partial charge is 0.257 e. The average Bonchev–Trinajstić information content (AvgIpc) is 2.67. The van der Waals surface area contributed by atoms with E-state index in [0.717, 1.165) is 0 Å². The van der Waals surface area contributed by atoms with E-state index in [2.05, 4.69) is 0 Å². The minimum absolute atomic E-state index is 0.0453. The van der Waals surface area contributed by atoms with Gasteiger partial charge in [0, 0.05) is 31.7 Å². The Hall–Kier alpha value is -2.89.